The van der Waals surface area contributed by atoms with Crippen molar-refractivity contribution in [1.29, 1.82) is 0 Å². The maximum atomic E-state index is 5.63. The molecule has 4 unspecified atom stereocenters. The van der Waals surface area contributed by atoms with Gasteiger partial charge in [-0.1, -0.05) is 0 Å². The quantitative estimate of drug-likeness (QED) is 0.688. The number of hydrogen-bond acceptors (Lipinski definition) is 2. The minimum atomic E-state index is 0.894. The number of piperidine rings is 2. The van der Waals surface area contributed by atoms with Crippen molar-refractivity contribution in [2.75, 3.05) is 19.6 Å². The number of nitrogens with two attached hydrogens (primary N) is 1. The molecule has 3 aliphatic rings. The summed E-state index contributed by atoms with van der Waals surface area (Å²) in [5, 5.41) is 0. The van der Waals surface area contributed by atoms with Crippen LogP contribution in [-0.2, 0) is 0 Å². The van der Waals surface area contributed by atoms with Crippen molar-refractivity contribution in [2.45, 2.75) is 31.7 Å². The number of nitrogens with zero attached hydrogens (tertiary/aromatic N) is 1. The summed E-state index contributed by atoms with van der Waals surface area (Å²) in [6.45, 7) is 3.68. The van der Waals surface area contributed by atoms with Gasteiger partial charge >= 0.3 is 0 Å². The molecule has 1 saturated carbocycles. The molecule has 2 aliphatic heterocycles. The standard InChI is InChI=1S/C11H20N2/c12-3-1-8-2-4-13-7-9-6-10(9)11(13)5-8/h8-11H,1-7,12H2. The average molecular weight is 180 g/mol. The average Bonchev–Trinajstić information content (AvgIpc) is 2.81. The molecule has 4 atom stereocenters. The highest BCUT2D eigenvalue weighted by molar-refractivity contribution is 5.06. The summed E-state index contributed by atoms with van der Waals surface area (Å²) in [7, 11) is 0. The Morgan fingerprint density at radius 3 is 3.08 bits per heavy atom. The van der Waals surface area contributed by atoms with E-state index >= 15 is 0 Å². The third-order valence-corrected chi connectivity index (χ3v) is 4.38. The van der Waals surface area contributed by atoms with E-state index in [1.54, 1.807) is 0 Å². The van der Waals surface area contributed by atoms with Crippen LogP contribution >= 0.6 is 0 Å². The van der Waals surface area contributed by atoms with Crippen LogP contribution < -0.4 is 5.73 Å². The lowest BCUT2D eigenvalue weighted by Gasteiger charge is -2.36. The Labute approximate surface area is 80.5 Å². The Morgan fingerprint density at radius 2 is 2.23 bits per heavy atom. The molecule has 2 heterocycles. The summed E-state index contributed by atoms with van der Waals surface area (Å²) < 4.78 is 0. The van der Waals surface area contributed by atoms with Crippen molar-refractivity contribution in [3.63, 3.8) is 0 Å². The second kappa shape index (κ2) is 2.96. The molecule has 0 bridgehead atoms. The first-order valence-electron chi connectivity index (χ1n) is 5.82. The highest BCUT2D eigenvalue weighted by atomic mass is 15.2. The second-order valence-electron chi connectivity index (χ2n) is 5.19. The van der Waals surface area contributed by atoms with Crippen molar-refractivity contribution >= 4 is 0 Å². The summed E-state index contributed by atoms with van der Waals surface area (Å²) in [6.07, 6.45) is 5.67. The molecule has 74 valence electrons. The Balaban J connectivity index is 1.62. The zero-order chi connectivity index (χ0) is 8.84. The van der Waals surface area contributed by atoms with Gasteiger partial charge in [0.1, 0.15) is 0 Å². The van der Waals surface area contributed by atoms with E-state index in [1.807, 2.05) is 0 Å². The molecular weight excluding hydrogens is 160 g/mol. The topological polar surface area (TPSA) is 29.3 Å². The fraction of sp³-hybridized carbons (Fsp3) is 1.00. The summed E-state index contributed by atoms with van der Waals surface area (Å²) in [5.41, 5.74) is 5.63. The molecule has 3 fully saturated rings. The summed E-state index contributed by atoms with van der Waals surface area (Å²) in [5.74, 6) is 3.15. The molecule has 0 amide bonds. The van der Waals surface area contributed by atoms with E-state index in [9.17, 15) is 0 Å². The van der Waals surface area contributed by atoms with Gasteiger partial charge in [0.05, 0.1) is 0 Å². The van der Waals surface area contributed by atoms with Crippen LogP contribution in [0.3, 0.4) is 0 Å². The zero-order valence-electron chi connectivity index (χ0n) is 8.28. The van der Waals surface area contributed by atoms with Crippen LogP contribution in [0.4, 0.5) is 0 Å². The highest BCUT2D eigenvalue weighted by Crippen LogP contribution is 2.52. The molecule has 2 N–H and O–H groups in total. The molecular formula is C11H20N2. The monoisotopic (exact) mass is 180 g/mol. The molecule has 0 spiro atoms. The third-order valence-electron chi connectivity index (χ3n) is 4.38. The Bertz CT molecular complexity index is 204. The predicted molar refractivity (Wildman–Crippen MR) is 53.4 cm³/mol. The highest BCUT2D eigenvalue weighted by Gasteiger charge is 2.53. The van der Waals surface area contributed by atoms with E-state index in [4.69, 9.17) is 5.73 Å². The Morgan fingerprint density at radius 1 is 1.31 bits per heavy atom. The molecule has 3 rings (SSSR count). The van der Waals surface area contributed by atoms with Crippen molar-refractivity contribution < 1.29 is 0 Å². The number of hydrogen-bond donors (Lipinski definition) is 1. The van der Waals surface area contributed by atoms with Gasteiger partial charge in [0.15, 0.2) is 0 Å². The second-order valence-corrected chi connectivity index (χ2v) is 5.19. The van der Waals surface area contributed by atoms with E-state index in [1.165, 1.54) is 38.8 Å². The minimum Gasteiger partial charge on any atom is -0.330 e. The minimum absolute atomic E-state index is 0.894. The van der Waals surface area contributed by atoms with Crippen molar-refractivity contribution in [2.24, 2.45) is 23.5 Å². The molecule has 13 heavy (non-hydrogen) atoms. The molecule has 2 nitrogen and oxygen atoms in total. The number of rotatable bonds is 2. The molecule has 2 saturated heterocycles. The van der Waals surface area contributed by atoms with Crippen LogP contribution in [0.25, 0.3) is 0 Å². The van der Waals surface area contributed by atoms with Gasteiger partial charge in [-0.2, -0.15) is 0 Å². The fourth-order valence-electron chi connectivity index (χ4n) is 3.55. The first-order chi connectivity index (χ1) is 6.38. The third kappa shape index (κ3) is 1.31. The predicted octanol–water partition coefficient (Wildman–Crippen LogP) is 1.07. The van der Waals surface area contributed by atoms with Gasteiger partial charge < -0.3 is 5.73 Å². The van der Waals surface area contributed by atoms with Gasteiger partial charge in [-0.05, 0) is 56.5 Å². The van der Waals surface area contributed by atoms with Crippen LogP contribution in [0.1, 0.15) is 25.7 Å². The molecule has 0 aromatic carbocycles. The number of fused-ring (bicyclic) bond motifs is 3. The van der Waals surface area contributed by atoms with Gasteiger partial charge in [-0.3, -0.25) is 4.90 Å². The van der Waals surface area contributed by atoms with Crippen LogP contribution in [0, 0.1) is 17.8 Å². The van der Waals surface area contributed by atoms with E-state index < -0.39 is 0 Å². The first kappa shape index (κ1) is 8.25. The largest absolute Gasteiger partial charge is 0.330 e. The molecule has 2 heteroatoms. The SMILES string of the molecule is NCCC1CCN2CC3CC3C2C1. The molecule has 1 aliphatic carbocycles. The lowest BCUT2D eigenvalue weighted by atomic mass is 9.87. The lowest BCUT2D eigenvalue weighted by molar-refractivity contribution is 0.126. The van der Waals surface area contributed by atoms with Gasteiger partial charge in [-0.15, -0.1) is 0 Å². The van der Waals surface area contributed by atoms with Crippen molar-refractivity contribution in [1.82, 2.24) is 4.90 Å². The normalized spacial score (nSPS) is 48.7. The molecule has 0 aromatic heterocycles. The summed E-state index contributed by atoms with van der Waals surface area (Å²) in [6, 6.07) is 0.968. The Kier molecular flexibility index (Phi) is 1.88. The zero-order valence-corrected chi connectivity index (χ0v) is 8.28. The van der Waals surface area contributed by atoms with Gasteiger partial charge in [-0.25, -0.2) is 0 Å². The van der Waals surface area contributed by atoms with Crippen LogP contribution in [-0.4, -0.2) is 30.6 Å². The van der Waals surface area contributed by atoms with Crippen LogP contribution in [0.5, 0.6) is 0 Å². The van der Waals surface area contributed by atoms with E-state index in [-0.39, 0.29) is 0 Å². The summed E-state index contributed by atoms with van der Waals surface area (Å²) >= 11 is 0. The van der Waals surface area contributed by atoms with Crippen LogP contribution in [0.2, 0.25) is 0 Å². The first-order valence-corrected chi connectivity index (χ1v) is 5.82. The fourth-order valence-corrected chi connectivity index (χ4v) is 3.55. The maximum absolute atomic E-state index is 5.63. The van der Waals surface area contributed by atoms with Crippen LogP contribution in [0.15, 0.2) is 0 Å². The van der Waals surface area contributed by atoms with E-state index in [0.717, 1.165) is 30.3 Å². The van der Waals surface area contributed by atoms with Gasteiger partial charge in [0.2, 0.25) is 0 Å². The molecule has 0 radical (unpaired) electrons. The maximum Gasteiger partial charge on any atom is 0.0129 e. The lowest BCUT2D eigenvalue weighted by Crippen LogP contribution is -2.41. The Hall–Kier alpha value is -0.0800. The summed E-state index contributed by atoms with van der Waals surface area (Å²) in [4.78, 5) is 2.74. The van der Waals surface area contributed by atoms with E-state index in [0.29, 0.717) is 0 Å². The van der Waals surface area contributed by atoms with Crippen molar-refractivity contribution in [3.05, 3.63) is 0 Å². The van der Waals surface area contributed by atoms with Gasteiger partial charge in [0, 0.05) is 12.6 Å². The molecule has 0 aromatic rings. The van der Waals surface area contributed by atoms with Gasteiger partial charge in [0.25, 0.3) is 0 Å². The van der Waals surface area contributed by atoms with E-state index in [2.05, 4.69) is 4.90 Å². The smallest absolute Gasteiger partial charge is 0.0129 e. The van der Waals surface area contributed by atoms with Crippen molar-refractivity contribution in [3.8, 4) is 0 Å².